The molecule has 1 aliphatic rings. The summed E-state index contributed by atoms with van der Waals surface area (Å²) in [5, 5.41) is 36.7. The molecule has 1 saturated heterocycles. The van der Waals surface area contributed by atoms with Gasteiger partial charge in [0.1, 0.15) is 0 Å². The predicted molar refractivity (Wildman–Crippen MR) is 39.4 cm³/mol. The van der Waals surface area contributed by atoms with E-state index in [-0.39, 0.29) is 26.4 Å². The van der Waals surface area contributed by atoms with E-state index >= 15 is 0 Å². The molecule has 0 aliphatic carbocycles. The summed E-state index contributed by atoms with van der Waals surface area (Å²) in [6, 6.07) is 0. The third kappa shape index (κ3) is 1.93. The van der Waals surface area contributed by atoms with Crippen molar-refractivity contribution in [1.82, 2.24) is 0 Å². The van der Waals surface area contributed by atoms with E-state index in [4.69, 9.17) is 15.3 Å². The minimum absolute atomic E-state index is 0.0345. The molecule has 0 aromatic carbocycles. The molecule has 0 aromatic heterocycles. The Morgan fingerprint density at radius 2 is 1.82 bits per heavy atom. The van der Waals surface area contributed by atoms with Crippen LogP contribution >= 0.6 is 0 Å². The normalized spacial score (nSPS) is 45.8. The molecule has 0 spiro atoms. The van der Waals surface area contributed by atoms with Crippen LogP contribution in [0.4, 0.5) is 0 Å². The molecule has 0 bridgehead atoms. The summed E-state index contributed by atoms with van der Waals surface area (Å²) in [5.41, 5.74) is 0. The number of aliphatic hydroxyl groups is 4. The van der Waals surface area contributed by atoms with Gasteiger partial charge in [0.25, 0.3) is 0 Å². The summed E-state index contributed by atoms with van der Waals surface area (Å²) in [6.45, 7) is -0.106. The quantitative estimate of drug-likeness (QED) is 0.390. The minimum atomic E-state index is -1.08. The monoisotopic (exact) mass is 228 g/mol. The molecule has 4 N–H and O–H groups in total. The second-order valence-corrected chi connectivity index (χ2v) is 5.27. The standard InChI is InChI=1S/C6H12O4Se/c7-1-4-6(10)5(9)3(8)2-11-4/h3-10H,1-2H2/t3-,4+,5+,6+/m1/s1. The second kappa shape index (κ2) is 3.85. The van der Waals surface area contributed by atoms with E-state index in [0.717, 1.165) is 0 Å². The molecule has 1 aliphatic heterocycles. The van der Waals surface area contributed by atoms with Crippen LogP contribution in [0.5, 0.6) is 0 Å². The van der Waals surface area contributed by atoms with Crippen LogP contribution in [0.3, 0.4) is 0 Å². The van der Waals surface area contributed by atoms with E-state index in [0.29, 0.717) is 5.32 Å². The molecule has 1 rings (SSSR count). The van der Waals surface area contributed by atoms with Gasteiger partial charge < -0.3 is 0 Å². The average Bonchev–Trinajstić information content (AvgIpc) is 2.01. The SMILES string of the molecule is OC[C@@H]1[Se]C[C@@H](O)[C@H](O)[C@H]1O. The summed E-state index contributed by atoms with van der Waals surface area (Å²) in [7, 11) is 0. The van der Waals surface area contributed by atoms with E-state index in [1.165, 1.54) is 0 Å². The molecule has 66 valence electrons. The topological polar surface area (TPSA) is 80.9 Å². The predicted octanol–water partition coefficient (Wildman–Crippen LogP) is -2.01. The van der Waals surface area contributed by atoms with Gasteiger partial charge in [-0.1, -0.05) is 0 Å². The van der Waals surface area contributed by atoms with Crippen molar-refractivity contribution < 1.29 is 20.4 Å². The molecule has 0 aromatic rings. The molecule has 0 unspecified atom stereocenters. The molecular formula is C6H12O4Se. The van der Waals surface area contributed by atoms with E-state index in [9.17, 15) is 5.11 Å². The molecule has 4 atom stereocenters. The van der Waals surface area contributed by atoms with Gasteiger partial charge in [0.15, 0.2) is 0 Å². The van der Waals surface area contributed by atoms with Gasteiger partial charge in [0, 0.05) is 0 Å². The molecule has 1 fully saturated rings. The Bertz CT molecular complexity index is 130. The maximum absolute atomic E-state index is 9.25. The van der Waals surface area contributed by atoms with Crippen LogP contribution in [0.25, 0.3) is 0 Å². The Kier molecular flexibility index (Phi) is 3.30. The maximum atomic E-state index is 9.25. The van der Waals surface area contributed by atoms with Gasteiger partial charge in [0.05, 0.1) is 0 Å². The number of rotatable bonds is 1. The molecular weight excluding hydrogens is 215 g/mol. The molecule has 4 nitrogen and oxygen atoms in total. The van der Waals surface area contributed by atoms with E-state index in [2.05, 4.69) is 0 Å². The van der Waals surface area contributed by atoms with Crippen molar-refractivity contribution in [3.8, 4) is 0 Å². The van der Waals surface area contributed by atoms with Crippen molar-refractivity contribution in [1.29, 1.82) is 0 Å². The van der Waals surface area contributed by atoms with Gasteiger partial charge in [0.2, 0.25) is 0 Å². The summed E-state index contributed by atoms with van der Waals surface area (Å²) < 4.78 is 0. The molecule has 0 radical (unpaired) electrons. The van der Waals surface area contributed by atoms with Crippen LogP contribution in [0.2, 0.25) is 10.1 Å². The Labute approximate surface area is 71.0 Å². The van der Waals surface area contributed by atoms with Crippen molar-refractivity contribution in [2.24, 2.45) is 0 Å². The summed E-state index contributed by atoms with van der Waals surface area (Å²) >= 11 is 0.0345. The van der Waals surface area contributed by atoms with Crippen LogP contribution in [-0.4, -0.2) is 60.3 Å². The third-order valence-corrected chi connectivity index (χ3v) is 4.70. The van der Waals surface area contributed by atoms with E-state index in [1.807, 2.05) is 0 Å². The summed E-state index contributed by atoms with van der Waals surface area (Å²) in [4.78, 5) is -0.221. The first-order valence-electron chi connectivity index (χ1n) is 3.43. The van der Waals surface area contributed by atoms with Gasteiger partial charge in [-0.25, -0.2) is 0 Å². The van der Waals surface area contributed by atoms with Crippen LogP contribution in [-0.2, 0) is 0 Å². The van der Waals surface area contributed by atoms with E-state index < -0.39 is 18.3 Å². The van der Waals surface area contributed by atoms with E-state index in [1.54, 1.807) is 0 Å². The van der Waals surface area contributed by atoms with Crippen molar-refractivity contribution in [2.45, 2.75) is 28.4 Å². The average molecular weight is 227 g/mol. The van der Waals surface area contributed by atoms with Crippen LogP contribution in [0.1, 0.15) is 0 Å². The zero-order valence-corrected chi connectivity index (χ0v) is 7.63. The fourth-order valence-electron chi connectivity index (χ4n) is 1.03. The van der Waals surface area contributed by atoms with Crippen molar-refractivity contribution in [2.75, 3.05) is 6.61 Å². The van der Waals surface area contributed by atoms with Gasteiger partial charge in [-0.3, -0.25) is 0 Å². The van der Waals surface area contributed by atoms with Crippen molar-refractivity contribution in [3.05, 3.63) is 0 Å². The van der Waals surface area contributed by atoms with Gasteiger partial charge >= 0.3 is 70.4 Å². The van der Waals surface area contributed by atoms with Gasteiger partial charge in [-0.05, 0) is 0 Å². The first-order valence-corrected chi connectivity index (χ1v) is 5.63. The van der Waals surface area contributed by atoms with Crippen LogP contribution in [0, 0.1) is 0 Å². The molecule has 0 saturated carbocycles. The number of hydrogen-bond acceptors (Lipinski definition) is 4. The Morgan fingerprint density at radius 3 is 2.36 bits per heavy atom. The molecule has 5 heteroatoms. The van der Waals surface area contributed by atoms with Gasteiger partial charge in [-0.2, -0.15) is 0 Å². The first kappa shape index (κ1) is 9.45. The fraction of sp³-hybridized carbons (Fsp3) is 1.00. The second-order valence-electron chi connectivity index (χ2n) is 2.60. The Balaban J connectivity index is 2.52. The molecule has 11 heavy (non-hydrogen) atoms. The summed E-state index contributed by atoms with van der Waals surface area (Å²) in [6.07, 6.45) is -2.85. The zero-order valence-electron chi connectivity index (χ0n) is 5.92. The molecule has 1 heterocycles. The number of hydrogen-bond donors (Lipinski definition) is 4. The Hall–Kier alpha value is 0.359. The zero-order chi connectivity index (χ0) is 8.43. The Morgan fingerprint density at radius 1 is 1.18 bits per heavy atom. The van der Waals surface area contributed by atoms with Gasteiger partial charge in [-0.15, -0.1) is 0 Å². The van der Waals surface area contributed by atoms with Crippen molar-refractivity contribution >= 4 is 15.0 Å². The first-order chi connectivity index (χ1) is 5.16. The molecule has 0 amide bonds. The van der Waals surface area contributed by atoms with Crippen LogP contribution in [0.15, 0.2) is 0 Å². The third-order valence-electron chi connectivity index (χ3n) is 1.79. The number of aliphatic hydroxyl groups excluding tert-OH is 4. The van der Waals surface area contributed by atoms with Crippen molar-refractivity contribution in [3.63, 3.8) is 0 Å². The summed E-state index contributed by atoms with van der Waals surface area (Å²) in [5.74, 6) is 0. The van der Waals surface area contributed by atoms with Crippen LogP contribution < -0.4 is 0 Å². The fourth-order valence-corrected chi connectivity index (χ4v) is 3.35.